The molecular formula is C20H15F3N7P. The van der Waals surface area contributed by atoms with E-state index in [-0.39, 0.29) is 18.2 Å². The highest BCUT2D eigenvalue weighted by atomic mass is 31.0. The van der Waals surface area contributed by atoms with Crippen LogP contribution in [0.15, 0.2) is 42.7 Å². The van der Waals surface area contributed by atoms with Gasteiger partial charge in [0.25, 0.3) is 0 Å². The number of nitrogens with zero attached hydrogens (tertiary/aromatic N) is 5. The summed E-state index contributed by atoms with van der Waals surface area (Å²) in [4.78, 5) is 12.9. The zero-order valence-electron chi connectivity index (χ0n) is 15.9. The molecule has 0 aliphatic rings. The van der Waals surface area contributed by atoms with Crippen molar-refractivity contribution in [3.8, 4) is 17.3 Å². The average molecular weight is 441 g/mol. The number of nitrogen functional groups attached to an aromatic ring is 2. The molecule has 4 aromatic rings. The van der Waals surface area contributed by atoms with Crippen LogP contribution in [-0.4, -0.2) is 19.5 Å². The monoisotopic (exact) mass is 441 g/mol. The molecule has 2 heterocycles. The lowest BCUT2D eigenvalue weighted by Gasteiger charge is -2.12. The highest BCUT2D eigenvalue weighted by Gasteiger charge is 2.33. The van der Waals surface area contributed by atoms with E-state index in [4.69, 9.17) is 11.5 Å². The van der Waals surface area contributed by atoms with E-state index in [0.29, 0.717) is 38.9 Å². The van der Waals surface area contributed by atoms with Crippen molar-refractivity contribution >= 4 is 37.3 Å². The Balaban J connectivity index is 1.83. The van der Waals surface area contributed by atoms with Gasteiger partial charge in [0, 0.05) is 11.3 Å². The first-order valence-electron chi connectivity index (χ1n) is 8.92. The van der Waals surface area contributed by atoms with Gasteiger partial charge < -0.3 is 16.0 Å². The van der Waals surface area contributed by atoms with E-state index in [2.05, 4.69) is 30.3 Å². The number of hydrogen-bond donors (Lipinski definition) is 2. The van der Waals surface area contributed by atoms with Gasteiger partial charge in [0.05, 0.1) is 30.1 Å². The van der Waals surface area contributed by atoms with Gasteiger partial charge in [0.1, 0.15) is 11.2 Å². The number of fused-ring (bicyclic) bond motifs is 1. The van der Waals surface area contributed by atoms with Gasteiger partial charge in [0.15, 0.2) is 5.65 Å². The van der Waals surface area contributed by atoms with E-state index in [0.717, 1.165) is 6.07 Å². The van der Waals surface area contributed by atoms with Crippen LogP contribution in [0.2, 0.25) is 0 Å². The molecule has 0 saturated heterocycles. The van der Waals surface area contributed by atoms with Crippen molar-refractivity contribution in [2.45, 2.75) is 12.7 Å². The topological polar surface area (TPSA) is 119 Å². The van der Waals surface area contributed by atoms with Crippen molar-refractivity contribution in [3.05, 3.63) is 59.4 Å². The molecule has 156 valence electrons. The van der Waals surface area contributed by atoms with Crippen molar-refractivity contribution in [2.75, 3.05) is 11.5 Å². The second-order valence-electron chi connectivity index (χ2n) is 6.77. The lowest BCUT2D eigenvalue weighted by atomic mass is 10.1. The summed E-state index contributed by atoms with van der Waals surface area (Å²) in [5, 5.41) is 9.93. The van der Waals surface area contributed by atoms with E-state index in [1.807, 2.05) is 0 Å². The van der Waals surface area contributed by atoms with Gasteiger partial charge in [0.2, 0.25) is 5.95 Å². The molecule has 31 heavy (non-hydrogen) atoms. The van der Waals surface area contributed by atoms with E-state index < -0.39 is 11.7 Å². The Morgan fingerprint density at radius 1 is 1.13 bits per heavy atom. The number of imidazole rings is 1. The summed E-state index contributed by atoms with van der Waals surface area (Å²) < 4.78 is 41.2. The average Bonchev–Trinajstić information content (AvgIpc) is 3.10. The fraction of sp³-hybridized carbons (Fsp3) is 0.100. The molecule has 0 amide bonds. The lowest BCUT2D eigenvalue weighted by Crippen LogP contribution is -2.10. The van der Waals surface area contributed by atoms with E-state index in [1.165, 1.54) is 18.5 Å². The first kappa shape index (κ1) is 20.6. The molecule has 4 rings (SSSR count). The molecular weight excluding hydrogens is 426 g/mol. The largest absolute Gasteiger partial charge is 0.418 e. The van der Waals surface area contributed by atoms with Gasteiger partial charge >= 0.3 is 6.18 Å². The highest BCUT2D eigenvalue weighted by Crippen LogP contribution is 2.34. The van der Waals surface area contributed by atoms with Gasteiger partial charge in [-0.1, -0.05) is 18.2 Å². The second-order valence-corrected chi connectivity index (χ2v) is 7.35. The van der Waals surface area contributed by atoms with Crippen molar-refractivity contribution in [1.82, 2.24) is 19.5 Å². The molecule has 0 radical (unpaired) electrons. The summed E-state index contributed by atoms with van der Waals surface area (Å²) in [5.74, 6) is -0.0238. The molecule has 0 saturated carbocycles. The number of rotatable bonds is 3. The Bertz CT molecular complexity index is 1360. The van der Waals surface area contributed by atoms with Crippen LogP contribution in [0.5, 0.6) is 0 Å². The van der Waals surface area contributed by atoms with Gasteiger partial charge in [-0.2, -0.15) is 23.4 Å². The molecule has 0 aliphatic heterocycles. The smallest absolute Gasteiger partial charge is 0.398 e. The van der Waals surface area contributed by atoms with Gasteiger partial charge in [-0.3, -0.25) is 0 Å². The van der Waals surface area contributed by atoms with Crippen molar-refractivity contribution in [2.24, 2.45) is 0 Å². The molecule has 1 atom stereocenters. The molecule has 11 heteroatoms. The van der Waals surface area contributed by atoms with Crippen LogP contribution < -0.4 is 16.8 Å². The highest BCUT2D eigenvalue weighted by molar-refractivity contribution is 7.28. The van der Waals surface area contributed by atoms with Gasteiger partial charge in [-0.15, -0.1) is 9.24 Å². The Labute approximate surface area is 176 Å². The number of halogens is 3. The standard InChI is InChI=1S/C20H15F3N7P/c21-20(22,23)13-6-10(4-5-14(13)25)8-30-9-27-16-15(28-19(26)29-18(16)30)12-3-1-2-11(7-24)17(12)31/h1-6,9H,8,25,31H2,(H2,26,28,29). The Kier molecular flexibility index (Phi) is 4.99. The summed E-state index contributed by atoms with van der Waals surface area (Å²) in [6.07, 6.45) is -3.10. The predicted molar refractivity (Wildman–Crippen MR) is 114 cm³/mol. The minimum absolute atomic E-state index is 0.0238. The zero-order chi connectivity index (χ0) is 22.3. The van der Waals surface area contributed by atoms with Crippen LogP contribution in [0.1, 0.15) is 16.7 Å². The maximum Gasteiger partial charge on any atom is 0.418 e. The number of nitrogens with two attached hydrogens (primary N) is 2. The molecule has 0 bridgehead atoms. The van der Waals surface area contributed by atoms with Crippen molar-refractivity contribution in [1.29, 1.82) is 5.26 Å². The lowest BCUT2D eigenvalue weighted by molar-refractivity contribution is -0.136. The fourth-order valence-electron chi connectivity index (χ4n) is 3.28. The molecule has 4 N–H and O–H groups in total. The molecule has 2 aromatic carbocycles. The van der Waals surface area contributed by atoms with Crippen LogP contribution in [0.4, 0.5) is 24.8 Å². The maximum absolute atomic E-state index is 13.2. The minimum Gasteiger partial charge on any atom is -0.398 e. The summed E-state index contributed by atoms with van der Waals surface area (Å²) >= 11 is 0. The van der Waals surface area contributed by atoms with Crippen LogP contribution in [-0.2, 0) is 12.7 Å². The molecule has 0 spiro atoms. The number of anilines is 2. The molecule has 0 fully saturated rings. The normalized spacial score (nSPS) is 11.6. The molecule has 7 nitrogen and oxygen atoms in total. The third kappa shape index (κ3) is 3.76. The number of alkyl halides is 3. The Morgan fingerprint density at radius 2 is 1.90 bits per heavy atom. The first-order valence-corrected chi connectivity index (χ1v) is 9.49. The SMILES string of the molecule is N#Cc1cccc(-c2nc(N)nc3c2ncn3Cc2ccc(N)c(C(F)(F)F)c2)c1P. The molecule has 0 aliphatic carbocycles. The number of nitriles is 1. The summed E-state index contributed by atoms with van der Waals surface area (Å²) in [7, 11) is 2.51. The zero-order valence-corrected chi connectivity index (χ0v) is 17.0. The van der Waals surface area contributed by atoms with Crippen LogP contribution in [0, 0.1) is 11.3 Å². The Morgan fingerprint density at radius 3 is 2.61 bits per heavy atom. The van der Waals surface area contributed by atoms with E-state index in [9.17, 15) is 18.4 Å². The second kappa shape index (κ2) is 7.52. The van der Waals surface area contributed by atoms with Gasteiger partial charge in [-0.25, -0.2) is 9.97 Å². The number of hydrogen-bond acceptors (Lipinski definition) is 6. The summed E-state index contributed by atoms with van der Waals surface area (Å²) in [6.45, 7) is 0.0712. The first-order chi connectivity index (χ1) is 14.7. The third-order valence-electron chi connectivity index (χ3n) is 4.74. The quantitative estimate of drug-likeness (QED) is 0.373. The minimum atomic E-state index is -4.56. The van der Waals surface area contributed by atoms with Crippen LogP contribution >= 0.6 is 9.24 Å². The Hall–Kier alpha value is -3.70. The fourth-order valence-corrected chi connectivity index (χ4v) is 3.67. The summed E-state index contributed by atoms with van der Waals surface area (Å²) in [5.41, 5.74) is 12.8. The van der Waals surface area contributed by atoms with E-state index >= 15 is 0 Å². The molecule has 2 aromatic heterocycles. The number of benzene rings is 2. The van der Waals surface area contributed by atoms with Crippen molar-refractivity contribution in [3.63, 3.8) is 0 Å². The predicted octanol–water partition coefficient (Wildman–Crippen LogP) is 3.10. The number of aromatic nitrogens is 4. The third-order valence-corrected chi connectivity index (χ3v) is 5.36. The van der Waals surface area contributed by atoms with Crippen LogP contribution in [0.3, 0.4) is 0 Å². The van der Waals surface area contributed by atoms with Crippen LogP contribution in [0.25, 0.3) is 22.4 Å². The van der Waals surface area contributed by atoms with Gasteiger partial charge in [-0.05, 0) is 29.1 Å². The summed E-state index contributed by atoms with van der Waals surface area (Å²) in [6, 6.07) is 11.0. The van der Waals surface area contributed by atoms with E-state index in [1.54, 1.807) is 22.8 Å². The molecule has 1 unspecified atom stereocenters. The maximum atomic E-state index is 13.2. The van der Waals surface area contributed by atoms with Crippen molar-refractivity contribution < 1.29 is 13.2 Å².